The van der Waals surface area contributed by atoms with E-state index in [-0.39, 0.29) is 0 Å². The van der Waals surface area contributed by atoms with Gasteiger partial charge in [-0.2, -0.15) is 0 Å². The lowest BCUT2D eigenvalue weighted by molar-refractivity contribution is -0.153. The third-order valence-electron chi connectivity index (χ3n) is 3.09. The number of aryl methyl sites for hydroxylation is 2. The van der Waals surface area contributed by atoms with Crippen molar-refractivity contribution in [1.82, 2.24) is 10.6 Å². The Kier molecular flexibility index (Phi) is 6.25. The van der Waals surface area contributed by atoms with E-state index >= 15 is 0 Å². The highest BCUT2D eigenvalue weighted by atomic mass is 16.5. The van der Waals surface area contributed by atoms with Gasteiger partial charge in [-0.1, -0.05) is 6.07 Å². The van der Waals surface area contributed by atoms with Gasteiger partial charge < -0.3 is 15.8 Å². The van der Waals surface area contributed by atoms with Gasteiger partial charge in [0.25, 0.3) is 11.8 Å². The molecule has 0 aliphatic heterocycles. The van der Waals surface area contributed by atoms with E-state index in [0.717, 1.165) is 11.1 Å². The van der Waals surface area contributed by atoms with Crippen molar-refractivity contribution < 1.29 is 23.9 Å². The summed E-state index contributed by atoms with van der Waals surface area (Å²) in [6, 6.07) is 4.12. The first-order chi connectivity index (χ1) is 10.7. The van der Waals surface area contributed by atoms with Crippen molar-refractivity contribution in [2.45, 2.75) is 26.9 Å². The monoisotopic (exact) mass is 321 g/mol. The van der Waals surface area contributed by atoms with Crippen LogP contribution in [0.5, 0.6) is 0 Å². The Bertz CT molecular complexity index is 642. The van der Waals surface area contributed by atoms with Gasteiger partial charge in [-0.15, -0.1) is 0 Å². The average molecular weight is 321 g/mol. The summed E-state index contributed by atoms with van der Waals surface area (Å²) in [7, 11) is 0. The van der Waals surface area contributed by atoms with Gasteiger partial charge in [0.2, 0.25) is 0 Å². The molecule has 0 fully saturated rings. The van der Waals surface area contributed by atoms with Crippen LogP contribution in [-0.2, 0) is 14.3 Å². The number of nitrogens with one attached hydrogen (secondary N) is 2. The predicted octanol–water partition coefficient (Wildman–Crippen LogP) is 0.160. The summed E-state index contributed by atoms with van der Waals surface area (Å²) in [5, 5.41) is 4.18. The van der Waals surface area contributed by atoms with Crippen molar-refractivity contribution in [2.24, 2.45) is 5.73 Å². The fraction of sp³-hybridized carbons (Fsp3) is 0.333. The van der Waals surface area contributed by atoms with Crippen molar-refractivity contribution in [3.63, 3.8) is 0 Å². The van der Waals surface area contributed by atoms with Crippen LogP contribution in [0.4, 0.5) is 4.79 Å². The van der Waals surface area contributed by atoms with Gasteiger partial charge in [0.15, 0.2) is 6.10 Å². The number of imide groups is 1. The van der Waals surface area contributed by atoms with Crippen LogP contribution >= 0.6 is 0 Å². The molecule has 1 atom stereocenters. The Morgan fingerprint density at radius 3 is 2.39 bits per heavy atom. The molecule has 8 nitrogen and oxygen atoms in total. The molecule has 8 heteroatoms. The second-order valence-corrected chi connectivity index (χ2v) is 4.97. The second-order valence-electron chi connectivity index (χ2n) is 4.97. The van der Waals surface area contributed by atoms with Crippen molar-refractivity contribution in [1.29, 1.82) is 0 Å². The van der Waals surface area contributed by atoms with E-state index in [1.54, 1.807) is 23.5 Å². The molecule has 0 bridgehead atoms. The smallest absolute Gasteiger partial charge is 0.326 e. The summed E-state index contributed by atoms with van der Waals surface area (Å²) in [6.45, 7) is 4.67. The summed E-state index contributed by atoms with van der Waals surface area (Å²) < 4.78 is 4.77. The van der Waals surface area contributed by atoms with E-state index in [4.69, 9.17) is 10.5 Å². The third kappa shape index (κ3) is 5.77. The van der Waals surface area contributed by atoms with Crippen LogP contribution in [0, 0.1) is 13.8 Å². The van der Waals surface area contributed by atoms with Gasteiger partial charge in [-0.3, -0.25) is 19.7 Å². The first-order valence-corrected chi connectivity index (χ1v) is 6.86. The largest absolute Gasteiger partial charge is 0.451 e. The molecular formula is C15H19N3O5. The molecule has 23 heavy (non-hydrogen) atoms. The molecule has 0 saturated heterocycles. The van der Waals surface area contributed by atoms with Crippen LogP contribution in [0.3, 0.4) is 0 Å². The number of amides is 4. The van der Waals surface area contributed by atoms with Crippen LogP contribution in [0.2, 0.25) is 0 Å². The number of primary amides is 1. The summed E-state index contributed by atoms with van der Waals surface area (Å²) in [6.07, 6.45) is -1.20. The summed E-state index contributed by atoms with van der Waals surface area (Å²) in [4.78, 5) is 45.3. The Labute approximate surface area is 133 Å². The van der Waals surface area contributed by atoms with Gasteiger partial charge in [-0.25, -0.2) is 4.79 Å². The van der Waals surface area contributed by atoms with E-state index < -0.39 is 36.5 Å². The van der Waals surface area contributed by atoms with Crippen molar-refractivity contribution in [3.8, 4) is 0 Å². The maximum atomic E-state index is 11.9. The topological polar surface area (TPSA) is 128 Å². The lowest BCUT2D eigenvalue weighted by Gasteiger charge is -2.12. The van der Waals surface area contributed by atoms with E-state index in [9.17, 15) is 19.2 Å². The van der Waals surface area contributed by atoms with Crippen LogP contribution in [0.15, 0.2) is 18.2 Å². The number of esters is 1. The minimum Gasteiger partial charge on any atom is -0.451 e. The molecule has 124 valence electrons. The van der Waals surface area contributed by atoms with Crippen molar-refractivity contribution >= 4 is 23.8 Å². The molecule has 1 aromatic carbocycles. The molecule has 0 aliphatic carbocycles. The molecule has 1 aromatic rings. The van der Waals surface area contributed by atoms with Gasteiger partial charge in [0, 0.05) is 5.56 Å². The van der Waals surface area contributed by atoms with Gasteiger partial charge in [-0.05, 0) is 44.0 Å². The maximum absolute atomic E-state index is 11.9. The van der Waals surface area contributed by atoms with Crippen molar-refractivity contribution in [3.05, 3.63) is 34.9 Å². The van der Waals surface area contributed by atoms with Gasteiger partial charge >= 0.3 is 12.0 Å². The fourth-order valence-electron chi connectivity index (χ4n) is 1.65. The number of hydrogen-bond acceptors (Lipinski definition) is 5. The third-order valence-corrected chi connectivity index (χ3v) is 3.09. The molecule has 1 rings (SSSR count). The first-order valence-electron chi connectivity index (χ1n) is 6.86. The lowest BCUT2D eigenvalue weighted by Crippen LogP contribution is -2.43. The van der Waals surface area contributed by atoms with Crippen LogP contribution in [-0.4, -0.2) is 36.5 Å². The molecule has 4 amide bonds. The average Bonchev–Trinajstić information content (AvgIpc) is 2.46. The van der Waals surface area contributed by atoms with Gasteiger partial charge in [0.1, 0.15) is 6.54 Å². The molecule has 0 aliphatic rings. The molecule has 0 radical (unpaired) electrons. The molecule has 0 saturated carbocycles. The lowest BCUT2D eigenvalue weighted by atomic mass is 10.1. The minimum atomic E-state index is -1.20. The predicted molar refractivity (Wildman–Crippen MR) is 81.5 cm³/mol. The highest BCUT2D eigenvalue weighted by Gasteiger charge is 2.19. The zero-order valence-electron chi connectivity index (χ0n) is 13.1. The number of ether oxygens (including phenoxy) is 1. The normalized spacial score (nSPS) is 11.3. The highest BCUT2D eigenvalue weighted by Crippen LogP contribution is 2.09. The van der Waals surface area contributed by atoms with E-state index in [1.165, 1.54) is 6.92 Å². The number of carbonyl (C=O) groups is 4. The molecule has 0 unspecified atom stereocenters. The van der Waals surface area contributed by atoms with Crippen LogP contribution < -0.4 is 16.4 Å². The summed E-state index contributed by atoms with van der Waals surface area (Å²) >= 11 is 0. The van der Waals surface area contributed by atoms with Gasteiger partial charge in [0.05, 0.1) is 0 Å². The zero-order valence-corrected chi connectivity index (χ0v) is 13.1. The Morgan fingerprint density at radius 2 is 1.83 bits per heavy atom. The number of nitrogens with two attached hydrogens (primary N) is 1. The number of urea groups is 1. The van der Waals surface area contributed by atoms with E-state index in [1.807, 2.05) is 13.8 Å². The van der Waals surface area contributed by atoms with Crippen LogP contribution in [0.1, 0.15) is 28.4 Å². The Hall–Kier alpha value is -2.90. The fourth-order valence-corrected chi connectivity index (χ4v) is 1.65. The number of benzene rings is 1. The molecule has 0 heterocycles. The number of rotatable bonds is 5. The Balaban J connectivity index is 2.49. The number of hydrogen-bond donors (Lipinski definition) is 3. The molecule has 0 spiro atoms. The second kappa shape index (κ2) is 7.92. The number of carbonyl (C=O) groups excluding carboxylic acids is 4. The standard InChI is InChI=1S/C15H19N3O5/c1-8-4-5-11(6-9(8)2)14(21)17-7-12(19)23-10(3)13(20)18-15(16)22/h4-6,10H,7H2,1-3H3,(H,17,21)(H3,16,18,20,22)/t10-/m1/s1. The molecular weight excluding hydrogens is 302 g/mol. The Morgan fingerprint density at radius 1 is 1.17 bits per heavy atom. The highest BCUT2D eigenvalue weighted by molar-refractivity contribution is 5.98. The van der Waals surface area contributed by atoms with E-state index in [2.05, 4.69) is 5.32 Å². The van der Waals surface area contributed by atoms with Crippen LogP contribution in [0.25, 0.3) is 0 Å². The molecule has 4 N–H and O–H groups in total. The molecule has 0 aromatic heterocycles. The SMILES string of the molecule is Cc1ccc(C(=O)NCC(=O)O[C@H](C)C(=O)NC(N)=O)cc1C. The first kappa shape index (κ1) is 18.1. The minimum absolute atomic E-state index is 0.403. The van der Waals surface area contributed by atoms with E-state index in [0.29, 0.717) is 5.56 Å². The summed E-state index contributed by atoms with van der Waals surface area (Å²) in [5.41, 5.74) is 7.20. The maximum Gasteiger partial charge on any atom is 0.326 e. The summed E-state index contributed by atoms with van der Waals surface area (Å²) in [5.74, 6) is -2.08. The van der Waals surface area contributed by atoms with Crippen molar-refractivity contribution in [2.75, 3.05) is 6.54 Å². The zero-order chi connectivity index (χ0) is 17.6. The quantitative estimate of drug-likeness (QED) is 0.666.